The summed E-state index contributed by atoms with van der Waals surface area (Å²) in [6.07, 6.45) is 3.55. The maximum atomic E-state index is 12.8. The highest BCUT2D eigenvalue weighted by Crippen LogP contribution is 2.34. The molecule has 0 spiro atoms. The molecule has 1 aromatic heterocycles. The van der Waals surface area contributed by atoms with Crippen molar-refractivity contribution in [3.8, 4) is 0 Å². The Balaban J connectivity index is 2.61. The Morgan fingerprint density at radius 1 is 1.23 bits per heavy atom. The third kappa shape index (κ3) is 4.69. The van der Waals surface area contributed by atoms with Crippen LogP contribution in [0, 0.1) is 10.1 Å². The van der Waals surface area contributed by atoms with Gasteiger partial charge in [0.1, 0.15) is 5.56 Å². The normalized spacial score (nSPS) is 10.7. The molecule has 0 bridgehead atoms. The zero-order valence-electron chi connectivity index (χ0n) is 15.0. The lowest BCUT2D eigenvalue weighted by atomic mass is 10.1. The number of nitro groups is 1. The van der Waals surface area contributed by atoms with Gasteiger partial charge in [0.2, 0.25) is 5.82 Å². The topological polar surface area (TPSA) is 97.2 Å². The van der Waals surface area contributed by atoms with Crippen LogP contribution in [0.4, 0.5) is 11.5 Å². The first-order valence-corrected chi connectivity index (χ1v) is 9.58. The van der Waals surface area contributed by atoms with E-state index in [-0.39, 0.29) is 17.1 Å². The molecule has 2 aromatic rings. The minimum atomic E-state index is -0.531. The minimum absolute atomic E-state index is 0.0522. The van der Waals surface area contributed by atoms with Gasteiger partial charge in [0.05, 0.1) is 10.4 Å². The maximum Gasteiger partial charge on any atom is 0.324 e. The molecule has 140 valence electrons. The lowest BCUT2D eigenvalue weighted by Crippen LogP contribution is -2.26. The third-order valence-electron chi connectivity index (χ3n) is 3.97. The fourth-order valence-electron chi connectivity index (χ4n) is 2.61. The van der Waals surface area contributed by atoms with Crippen LogP contribution < -0.4 is 10.6 Å². The number of halogens is 1. The van der Waals surface area contributed by atoms with Crippen molar-refractivity contribution in [2.24, 2.45) is 0 Å². The van der Waals surface area contributed by atoms with Gasteiger partial charge in [-0.05, 0) is 31.0 Å². The highest BCUT2D eigenvalue weighted by atomic mass is 79.9. The second kappa shape index (κ2) is 9.47. The number of hydrogen-bond donors (Lipinski definition) is 2. The second-order valence-electron chi connectivity index (χ2n) is 5.99. The van der Waals surface area contributed by atoms with E-state index >= 15 is 0 Å². The Kier molecular flexibility index (Phi) is 7.32. The largest absolute Gasteiger partial charge is 0.364 e. The number of nitrogens with zero attached hydrogens (tertiary/aromatic N) is 2. The summed E-state index contributed by atoms with van der Waals surface area (Å²) in [7, 11) is 0. The molecule has 26 heavy (non-hydrogen) atoms. The molecule has 0 unspecified atom stereocenters. The van der Waals surface area contributed by atoms with Gasteiger partial charge in [-0.2, -0.15) is 0 Å². The fourth-order valence-corrected chi connectivity index (χ4v) is 2.97. The number of fused-ring (bicyclic) bond motifs is 1. The quantitative estimate of drug-likeness (QED) is 0.348. The average molecular weight is 423 g/mol. The van der Waals surface area contributed by atoms with Crippen LogP contribution in [-0.2, 0) is 0 Å². The van der Waals surface area contributed by atoms with Gasteiger partial charge >= 0.3 is 5.69 Å². The predicted molar refractivity (Wildman–Crippen MR) is 107 cm³/mol. The first-order chi connectivity index (χ1) is 12.5. The third-order valence-corrected chi connectivity index (χ3v) is 4.46. The Labute approximate surface area is 160 Å². The van der Waals surface area contributed by atoms with Crippen LogP contribution >= 0.6 is 15.9 Å². The highest BCUT2D eigenvalue weighted by Gasteiger charge is 2.29. The number of hydrogen-bond acceptors (Lipinski definition) is 5. The number of anilines is 1. The van der Waals surface area contributed by atoms with Crippen LogP contribution in [0.15, 0.2) is 22.7 Å². The number of aromatic nitrogens is 1. The molecule has 0 radical (unpaired) electrons. The van der Waals surface area contributed by atoms with Crippen LogP contribution in [-0.4, -0.2) is 28.9 Å². The summed E-state index contributed by atoms with van der Waals surface area (Å²) in [5.74, 6) is -0.312. The Morgan fingerprint density at radius 2 is 1.92 bits per heavy atom. The van der Waals surface area contributed by atoms with Gasteiger partial charge in [-0.1, -0.05) is 42.6 Å². The number of amides is 1. The first kappa shape index (κ1) is 20.1. The van der Waals surface area contributed by atoms with Gasteiger partial charge in [0.15, 0.2) is 0 Å². The van der Waals surface area contributed by atoms with Gasteiger partial charge in [-0.15, -0.1) is 0 Å². The summed E-state index contributed by atoms with van der Waals surface area (Å²) >= 11 is 3.37. The molecule has 7 nitrogen and oxygen atoms in total. The van der Waals surface area contributed by atoms with Crippen molar-refractivity contribution in [3.05, 3.63) is 38.3 Å². The summed E-state index contributed by atoms with van der Waals surface area (Å²) in [6.45, 7) is 5.09. The van der Waals surface area contributed by atoms with Crippen LogP contribution in [0.3, 0.4) is 0 Å². The molecule has 0 fully saturated rings. The van der Waals surface area contributed by atoms with Gasteiger partial charge in [-0.25, -0.2) is 4.98 Å². The van der Waals surface area contributed by atoms with E-state index in [0.29, 0.717) is 24.0 Å². The van der Waals surface area contributed by atoms with Crippen LogP contribution in [0.25, 0.3) is 10.9 Å². The smallest absolute Gasteiger partial charge is 0.324 e. The van der Waals surface area contributed by atoms with E-state index in [1.54, 1.807) is 18.2 Å². The average Bonchev–Trinajstić information content (AvgIpc) is 2.60. The number of carbonyl (C=O) groups excluding carboxylic acids is 1. The number of nitrogens with one attached hydrogen (secondary N) is 2. The Morgan fingerprint density at radius 3 is 2.58 bits per heavy atom. The number of benzene rings is 1. The highest BCUT2D eigenvalue weighted by molar-refractivity contribution is 9.10. The van der Waals surface area contributed by atoms with E-state index in [9.17, 15) is 14.9 Å². The van der Waals surface area contributed by atoms with Crippen molar-refractivity contribution in [1.29, 1.82) is 0 Å². The molecule has 8 heteroatoms. The van der Waals surface area contributed by atoms with E-state index in [0.717, 1.165) is 30.2 Å². The first-order valence-electron chi connectivity index (χ1n) is 8.79. The van der Waals surface area contributed by atoms with Gasteiger partial charge in [0, 0.05) is 22.9 Å². The summed E-state index contributed by atoms with van der Waals surface area (Å²) < 4.78 is 0.732. The number of unbranched alkanes of at least 4 members (excludes halogenated alkanes) is 2. The van der Waals surface area contributed by atoms with Crippen molar-refractivity contribution in [2.75, 3.05) is 18.4 Å². The molecular weight excluding hydrogens is 400 g/mol. The summed E-state index contributed by atoms with van der Waals surface area (Å²) in [5, 5.41) is 18.0. The zero-order valence-corrected chi connectivity index (χ0v) is 16.6. The molecule has 1 heterocycles. The number of carbonyl (C=O) groups is 1. The predicted octanol–water partition coefficient (Wildman–Crippen LogP) is 4.65. The second-order valence-corrected chi connectivity index (χ2v) is 6.91. The van der Waals surface area contributed by atoms with Crippen LogP contribution in [0.5, 0.6) is 0 Å². The molecule has 0 aliphatic carbocycles. The molecule has 0 aliphatic heterocycles. The standard InChI is InChI=1S/C18H23BrN4O3/c1-3-5-9-20-17-16(23(25)26)15(18(24)21-10-6-4-2)13-11-12(19)7-8-14(13)22-17/h7-8,11H,3-6,9-10H2,1-2H3,(H,20,22)(H,21,24). The van der Waals surface area contributed by atoms with Crippen molar-refractivity contribution in [1.82, 2.24) is 10.3 Å². The molecule has 0 aliphatic rings. The molecular formula is C18H23BrN4O3. The SMILES string of the molecule is CCCCNC(=O)c1c([N+](=O)[O-])c(NCCCC)nc2ccc(Br)cc12. The zero-order chi connectivity index (χ0) is 19.1. The maximum absolute atomic E-state index is 12.8. The molecule has 0 atom stereocenters. The van der Waals surface area contributed by atoms with E-state index < -0.39 is 10.8 Å². The molecule has 0 saturated heterocycles. The van der Waals surface area contributed by atoms with E-state index in [4.69, 9.17) is 0 Å². The molecule has 2 N–H and O–H groups in total. The van der Waals surface area contributed by atoms with Gasteiger partial charge < -0.3 is 10.6 Å². The monoisotopic (exact) mass is 422 g/mol. The van der Waals surface area contributed by atoms with E-state index in [1.807, 2.05) is 13.8 Å². The summed E-state index contributed by atoms with van der Waals surface area (Å²) in [6, 6.07) is 5.24. The van der Waals surface area contributed by atoms with Crippen LogP contribution in [0.1, 0.15) is 49.9 Å². The van der Waals surface area contributed by atoms with E-state index in [2.05, 4.69) is 31.5 Å². The molecule has 1 amide bonds. The summed E-state index contributed by atoms with van der Waals surface area (Å²) in [5.41, 5.74) is 0.315. The van der Waals surface area contributed by atoms with E-state index in [1.165, 1.54) is 0 Å². The van der Waals surface area contributed by atoms with Crippen molar-refractivity contribution < 1.29 is 9.72 Å². The minimum Gasteiger partial charge on any atom is -0.364 e. The number of rotatable bonds is 9. The van der Waals surface area contributed by atoms with Crippen molar-refractivity contribution in [2.45, 2.75) is 39.5 Å². The fraction of sp³-hybridized carbons (Fsp3) is 0.444. The van der Waals surface area contributed by atoms with Gasteiger partial charge in [0.25, 0.3) is 5.91 Å². The molecule has 2 rings (SSSR count). The lowest BCUT2D eigenvalue weighted by Gasteiger charge is -2.13. The van der Waals surface area contributed by atoms with Crippen LogP contribution in [0.2, 0.25) is 0 Å². The summed E-state index contributed by atoms with van der Waals surface area (Å²) in [4.78, 5) is 28.4. The number of pyridine rings is 1. The lowest BCUT2D eigenvalue weighted by molar-refractivity contribution is -0.384. The Hall–Kier alpha value is -2.22. The molecule has 1 aromatic carbocycles. The Bertz CT molecular complexity index is 811. The van der Waals surface area contributed by atoms with Crippen molar-refractivity contribution >= 4 is 44.2 Å². The van der Waals surface area contributed by atoms with Crippen molar-refractivity contribution in [3.63, 3.8) is 0 Å². The van der Waals surface area contributed by atoms with Gasteiger partial charge in [-0.3, -0.25) is 14.9 Å². The molecule has 0 saturated carbocycles.